The molecular formula is C12H20OS. The summed E-state index contributed by atoms with van der Waals surface area (Å²) in [6.45, 7) is 11.9. The van der Waals surface area contributed by atoms with Gasteiger partial charge in [-0.3, -0.25) is 0 Å². The number of rotatable bonds is 3. The molecule has 0 aromatic carbocycles. The lowest BCUT2D eigenvalue weighted by molar-refractivity contribution is 0.275. The van der Waals surface area contributed by atoms with Crippen LogP contribution in [0, 0.1) is 11.3 Å². The van der Waals surface area contributed by atoms with Crippen LogP contribution in [0.2, 0.25) is 0 Å². The van der Waals surface area contributed by atoms with Crippen molar-refractivity contribution in [3.8, 4) is 0 Å². The quantitative estimate of drug-likeness (QED) is 0.520. The van der Waals surface area contributed by atoms with Crippen molar-refractivity contribution in [2.24, 2.45) is 11.3 Å². The molecule has 0 amide bonds. The summed E-state index contributed by atoms with van der Waals surface area (Å²) in [5, 5.41) is 0. The molecule has 2 saturated carbocycles. The van der Waals surface area contributed by atoms with Crippen molar-refractivity contribution >= 4 is 12.0 Å². The van der Waals surface area contributed by atoms with Crippen molar-refractivity contribution in [1.82, 2.24) is 0 Å². The zero-order chi connectivity index (χ0) is 10.4. The third-order valence-electron chi connectivity index (χ3n) is 4.29. The van der Waals surface area contributed by atoms with E-state index in [1.807, 2.05) is 0 Å². The van der Waals surface area contributed by atoms with Gasteiger partial charge in [0.05, 0.1) is 11.4 Å². The van der Waals surface area contributed by atoms with E-state index in [9.17, 15) is 0 Å². The largest absolute Gasteiger partial charge is 0.315 e. The average molecular weight is 212 g/mol. The molecule has 2 fully saturated rings. The maximum Gasteiger partial charge on any atom is 0.0682 e. The van der Waals surface area contributed by atoms with Crippen molar-refractivity contribution in [3.63, 3.8) is 0 Å². The molecule has 0 aliphatic heterocycles. The molecule has 2 bridgehead atoms. The Balaban J connectivity index is 2.25. The first-order valence-electron chi connectivity index (χ1n) is 5.53. The molecular weight excluding hydrogens is 192 g/mol. The van der Waals surface area contributed by atoms with E-state index in [1.165, 1.54) is 24.8 Å². The summed E-state index contributed by atoms with van der Waals surface area (Å²) in [5.41, 5.74) is 1.79. The lowest BCUT2D eigenvalue weighted by atomic mass is 9.81. The summed E-state index contributed by atoms with van der Waals surface area (Å²) < 4.78 is 5.82. The molecule has 2 atom stereocenters. The number of hydrogen-bond donors (Lipinski definition) is 0. The molecule has 0 unspecified atom stereocenters. The predicted octanol–water partition coefficient (Wildman–Crippen LogP) is 3.81. The molecule has 80 valence electrons. The average Bonchev–Trinajstić information content (AvgIpc) is 2.48. The first-order chi connectivity index (χ1) is 6.54. The van der Waals surface area contributed by atoms with E-state index in [0.717, 1.165) is 12.5 Å². The molecule has 0 spiro atoms. The lowest BCUT2D eigenvalue weighted by Crippen LogP contribution is -2.35. The van der Waals surface area contributed by atoms with Crippen molar-refractivity contribution in [2.45, 2.75) is 44.8 Å². The Morgan fingerprint density at radius 2 is 2.29 bits per heavy atom. The Labute approximate surface area is 91.5 Å². The molecule has 0 saturated heterocycles. The Bertz CT molecular complexity index is 259. The van der Waals surface area contributed by atoms with Crippen LogP contribution in [0.25, 0.3) is 0 Å². The van der Waals surface area contributed by atoms with Crippen LogP contribution in [0.5, 0.6) is 0 Å². The first kappa shape index (κ1) is 10.6. The zero-order valence-corrected chi connectivity index (χ0v) is 10.2. The number of hydrogen-bond acceptors (Lipinski definition) is 2. The summed E-state index contributed by atoms with van der Waals surface area (Å²) in [7, 11) is 0. The normalized spacial score (nSPS) is 39.4. The summed E-state index contributed by atoms with van der Waals surface area (Å²) in [4.78, 5) is 0. The van der Waals surface area contributed by atoms with E-state index in [4.69, 9.17) is 4.18 Å². The highest BCUT2D eigenvalue weighted by atomic mass is 32.2. The molecule has 0 N–H and O–H groups in total. The van der Waals surface area contributed by atoms with E-state index >= 15 is 0 Å². The van der Waals surface area contributed by atoms with Crippen LogP contribution in [0.1, 0.15) is 40.0 Å². The fourth-order valence-corrected chi connectivity index (χ4v) is 4.31. The third kappa shape index (κ3) is 1.13. The highest BCUT2D eigenvalue weighted by molar-refractivity contribution is 7.96. The molecule has 2 aliphatic rings. The first-order valence-corrected chi connectivity index (χ1v) is 6.27. The minimum Gasteiger partial charge on any atom is -0.315 e. The van der Waals surface area contributed by atoms with Gasteiger partial charge >= 0.3 is 0 Å². The molecule has 1 nitrogen and oxygen atoms in total. The third-order valence-corrected chi connectivity index (χ3v) is 5.95. The Kier molecular flexibility index (Phi) is 2.47. The second-order valence-corrected chi connectivity index (χ2v) is 6.18. The maximum absolute atomic E-state index is 5.60. The molecule has 0 heterocycles. The van der Waals surface area contributed by atoms with Crippen LogP contribution in [0.15, 0.2) is 12.2 Å². The van der Waals surface area contributed by atoms with E-state index in [0.29, 0.717) is 5.41 Å². The topological polar surface area (TPSA) is 9.23 Å². The van der Waals surface area contributed by atoms with Crippen molar-refractivity contribution < 1.29 is 4.18 Å². The van der Waals surface area contributed by atoms with E-state index in [2.05, 4.69) is 27.4 Å². The molecule has 2 aliphatic carbocycles. The molecule has 14 heavy (non-hydrogen) atoms. The Hall–Kier alpha value is 0.0500. The van der Waals surface area contributed by atoms with Crippen LogP contribution in [-0.2, 0) is 4.18 Å². The second kappa shape index (κ2) is 3.28. The molecule has 2 heteroatoms. The van der Waals surface area contributed by atoms with Gasteiger partial charge in [-0.1, -0.05) is 26.0 Å². The highest BCUT2D eigenvalue weighted by Gasteiger charge is 2.62. The SMILES string of the molecule is C=C1C[C@@H]2CC[C@@]1(SOCC)C2(C)C. The lowest BCUT2D eigenvalue weighted by Gasteiger charge is -2.37. The molecule has 0 radical (unpaired) electrons. The number of fused-ring (bicyclic) bond motifs is 2. The summed E-state index contributed by atoms with van der Waals surface area (Å²) in [6, 6.07) is 0. The van der Waals surface area contributed by atoms with Crippen molar-refractivity contribution in [2.75, 3.05) is 6.61 Å². The smallest absolute Gasteiger partial charge is 0.0682 e. The van der Waals surface area contributed by atoms with Gasteiger partial charge in [-0.25, -0.2) is 0 Å². The molecule has 0 aromatic heterocycles. The van der Waals surface area contributed by atoms with Gasteiger partial charge in [0, 0.05) is 12.0 Å². The van der Waals surface area contributed by atoms with Gasteiger partial charge in [-0.2, -0.15) is 0 Å². The van der Waals surface area contributed by atoms with E-state index < -0.39 is 0 Å². The van der Waals surface area contributed by atoms with Gasteiger partial charge in [-0.15, -0.1) is 0 Å². The maximum atomic E-state index is 5.60. The predicted molar refractivity (Wildman–Crippen MR) is 62.2 cm³/mol. The van der Waals surface area contributed by atoms with Crippen molar-refractivity contribution in [1.29, 1.82) is 0 Å². The second-order valence-electron chi connectivity index (χ2n) is 5.08. The fourth-order valence-electron chi connectivity index (χ4n) is 3.21. The van der Waals surface area contributed by atoms with Gasteiger partial charge in [0.2, 0.25) is 0 Å². The standard InChI is InChI=1S/C12H20OS/c1-5-13-14-12-7-6-10(8-9(12)2)11(12,3)4/h10H,2,5-8H2,1,3-4H3/t10-,12-/m0/s1. The summed E-state index contributed by atoms with van der Waals surface area (Å²) in [6.07, 6.45) is 3.83. The van der Waals surface area contributed by atoms with E-state index in [-0.39, 0.29) is 4.75 Å². The van der Waals surface area contributed by atoms with Crippen molar-refractivity contribution in [3.05, 3.63) is 12.2 Å². The van der Waals surface area contributed by atoms with Crippen LogP contribution >= 0.6 is 12.0 Å². The Morgan fingerprint density at radius 3 is 2.71 bits per heavy atom. The van der Waals surface area contributed by atoms with Gasteiger partial charge in [0.1, 0.15) is 0 Å². The Morgan fingerprint density at radius 1 is 1.57 bits per heavy atom. The fraction of sp³-hybridized carbons (Fsp3) is 0.833. The van der Waals surface area contributed by atoms with Crippen LogP contribution < -0.4 is 0 Å². The van der Waals surface area contributed by atoms with Crippen LogP contribution in [0.4, 0.5) is 0 Å². The van der Waals surface area contributed by atoms with Gasteiger partial charge in [-0.05, 0) is 37.5 Å². The molecule has 0 aromatic rings. The van der Waals surface area contributed by atoms with Gasteiger partial charge in [0.15, 0.2) is 0 Å². The minimum absolute atomic E-state index is 0.216. The van der Waals surface area contributed by atoms with Crippen LogP contribution in [-0.4, -0.2) is 11.4 Å². The van der Waals surface area contributed by atoms with Gasteiger partial charge in [0.25, 0.3) is 0 Å². The minimum atomic E-state index is 0.216. The summed E-state index contributed by atoms with van der Waals surface area (Å²) >= 11 is 1.69. The van der Waals surface area contributed by atoms with E-state index in [1.54, 1.807) is 12.0 Å². The zero-order valence-electron chi connectivity index (χ0n) is 9.43. The molecule has 2 rings (SSSR count). The van der Waals surface area contributed by atoms with Crippen LogP contribution in [0.3, 0.4) is 0 Å². The highest BCUT2D eigenvalue weighted by Crippen LogP contribution is 2.68. The summed E-state index contributed by atoms with van der Waals surface area (Å²) in [5.74, 6) is 0.836. The monoisotopic (exact) mass is 212 g/mol. The van der Waals surface area contributed by atoms with Gasteiger partial charge < -0.3 is 4.18 Å².